The van der Waals surface area contributed by atoms with Crippen molar-refractivity contribution in [3.05, 3.63) is 48.5 Å². The van der Waals surface area contributed by atoms with Crippen LogP contribution in [0.4, 0.5) is 0 Å². The van der Waals surface area contributed by atoms with Crippen molar-refractivity contribution in [2.45, 2.75) is 0 Å². The molecule has 1 heterocycles. The number of fused-ring (bicyclic) bond motifs is 7. The van der Waals surface area contributed by atoms with Crippen LogP contribution in [0, 0.1) is 0 Å². The summed E-state index contributed by atoms with van der Waals surface area (Å²) < 4.78 is 16.5. The number of ether oxygens (including phenoxy) is 3. The number of aromatic hydroxyl groups is 1. The van der Waals surface area contributed by atoms with Crippen LogP contribution in [0.25, 0.3) is 43.2 Å². The number of H-pyrrole nitrogens is 1. The second-order valence-corrected chi connectivity index (χ2v) is 6.69. The lowest BCUT2D eigenvalue weighted by molar-refractivity contribution is 0.351. The second kappa shape index (κ2) is 5.96. The summed E-state index contributed by atoms with van der Waals surface area (Å²) in [6.45, 7) is 0. The average Bonchev–Trinajstić information content (AvgIpc) is 3.11. The predicted molar refractivity (Wildman–Crippen MR) is 112 cm³/mol. The first kappa shape index (κ1) is 16.6. The predicted octanol–water partition coefficient (Wildman–Crippen LogP) is 5.36. The molecular formula is C23H19NO4. The highest BCUT2D eigenvalue weighted by molar-refractivity contribution is 6.25. The molecule has 5 heteroatoms. The molecule has 5 aromatic rings. The molecule has 0 aliphatic heterocycles. The molecule has 5 rings (SSSR count). The van der Waals surface area contributed by atoms with E-state index < -0.39 is 0 Å². The molecule has 0 saturated heterocycles. The molecule has 28 heavy (non-hydrogen) atoms. The molecule has 0 radical (unpaired) electrons. The van der Waals surface area contributed by atoms with E-state index in [4.69, 9.17) is 14.2 Å². The Morgan fingerprint density at radius 2 is 1.25 bits per heavy atom. The first-order valence-electron chi connectivity index (χ1n) is 8.96. The number of aromatic amines is 1. The Labute approximate surface area is 161 Å². The summed E-state index contributed by atoms with van der Waals surface area (Å²) in [5.74, 6) is 1.87. The Bertz CT molecular complexity index is 1380. The highest BCUT2D eigenvalue weighted by Gasteiger charge is 2.19. The van der Waals surface area contributed by atoms with Gasteiger partial charge in [-0.25, -0.2) is 0 Å². The Morgan fingerprint density at radius 3 is 1.93 bits per heavy atom. The zero-order valence-corrected chi connectivity index (χ0v) is 15.8. The van der Waals surface area contributed by atoms with Gasteiger partial charge in [0.25, 0.3) is 0 Å². The second-order valence-electron chi connectivity index (χ2n) is 6.69. The van der Waals surface area contributed by atoms with Crippen LogP contribution in [0.1, 0.15) is 0 Å². The van der Waals surface area contributed by atoms with Gasteiger partial charge < -0.3 is 24.3 Å². The molecule has 0 atom stereocenters. The highest BCUT2D eigenvalue weighted by atomic mass is 16.5. The Morgan fingerprint density at radius 1 is 0.643 bits per heavy atom. The Balaban J connectivity index is 2.01. The van der Waals surface area contributed by atoms with Gasteiger partial charge in [-0.3, -0.25) is 0 Å². The fraction of sp³-hybridized carbons (Fsp3) is 0.130. The number of phenols is 1. The lowest BCUT2D eigenvalue weighted by Crippen LogP contribution is -1.90. The molecule has 0 bridgehead atoms. The van der Waals surface area contributed by atoms with Crippen LogP contribution < -0.4 is 14.2 Å². The molecular weight excluding hydrogens is 354 g/mol. The molecule has 140 valence electrons. The zero-order valence-electron chi connectivity index (χ0n) is 15.8. The van der Waals surface area contributed by atoms with Gasteiger partial charge in [-0.1, -0.05) is 42.5 Å². The van der Waals surface area contributed by atoms with Crippen molar-refractivity contribution in [2.24, 2.45) is 0 Å². The lowest BCUT2D eigenvalue weighted by atomic mass is 9.94. The van der Waals surface area contributed by atoms with E-state index in [0.29, 0.717) is 17.4 Å². The third-order valence-corrected chi connectivity index (χ3v) is 5.42. The van der Waals surface area contributed by atoms with E-state index >= 15 is 0 Å². The fourth-order valence-electron chi connectivity index (χ4n) is 4.21. The van der Waals surface area contributed by atoms with Crippen molar-refractivity contribution < 1.29 is 19.3 Å². The minimum atomic E-state index is 0.145. The Hall–Kier alpha value is -3.60. The van der Waals surface area contributed by atoms with E-state index in [0.717, 1.165) is 43.2 Å². The summed E-state index contributed by atoms with van der Waals surface area (Å²) in [5, 5.41) is 17.6. The average molecular weight is 373 g/mol. The summed E-state index contributed by atoms with van der Waals surface area (Å²) >= 11 is 0. The topological polar surface area (TPSA) is 63.7 Å². The number of nitrogens with one attached hydrogen (secondary N) is 1. The van der Waals surface area contributed by atoms with Crippen LogP contribution in [0.5, 0.6) is 23.1 Å². The molecule has 0 saturated carbocycles. The monoisotopic (exact) mass is 373 g/mol. The number of phenolic OH excluding ortho intramolecular Hbond substituents is 1. The van der Waals surface area contributed by atoms with Crippen LogP contribution in [0.3, 0.4) is 0 Å². The van der Waals surface area contributed by atoms with Crippen molar-refractivity contribution in [1.82, 2.24) is 4.98 Å². The third kappa shape index (κ3) is 2.01. The molecule has 5 nitrogen and oxygen atoms in total. The van der Waals surface area contributed by atoms with Crippen molar-refractivity contribution in [3.8, 4) is 23.1 Å². The van der Waals surface area contributed by atoms with Crippen LogP contribution in [0.15, 0.2) is 48.5 Å². The molecule has 0 fully saturated rings. The van der Waals surface area contributed by atoms with E-state index in [1.54, 1.807) is 21.3 Å². The molecule has 0 amide bonds. The number of hydrogen-bond acceptors (Lipinski definition) is 4. The minimum Gasteiger partial charge on any atom is -0.504 e. The third-order valence-electron chi connectivity index (χ3n) is 5.42. The Kier molecular flexibility index (Phi) is 3.52. The van der Waals surface area contributed by atoms with Crippen molar-refractivity contribution in [1.29, 1.82) is 0 Å². The maximum atomic E-state index is 11.1. The molecule has 4 aromatic carbocycles. The molecule has 2 N–H and O–H groups in total. The smallest absolute Gasteiger partial charge is 0.235 e. The quantitative estimate of drug-likeness (QED) is 0.418. The SMILES string of the molecule is COc1[nH]c2c(ccc3c2ccc2c4ccccc4c(OC)c(O)c23)c1OC. The lowest BCUT2D eigenvalue weighted by Gasteiger charge is -2.14. The number of benzene rings is 4. The van der Waals surface area contributed by atoms with Gasteiger partial charge in [0.15, 0.2) is 17.2 Å². The number of aromatic nitrogens is 1. The summed E-state index contributed by atoms with van der Waals surface area (Å²) in [6.07, 6.45) is 0. The van der Waals surface area contributed by atoms with E-state index in [1.807, 2.05) is 42.5 Å². The van der Waals surface area contributed by atoms with Gasteiger partial charge in [-0.2, -0.15) is 0 Å². The maximum Gasteiger partial charge on any atom is 0.235 e. The first-order valence-corrected chi connectivity index (χ1v) is 8.96. The van der Waals surface area contributed by atoms with Gasteiger partial charge >= 0.3 is 0 Å². The number of hydrogen-bond donors (Lipinski definition) is 2. The van der Waals surface area contributed by atoms with Gasteiger partial charge in [0.2, 0.25) is 5.88 Å². The van der Waals surface area contributed by atoms with E-state index in [2.05, 4.69) is 11.1 Å². The van der Waals surface area contributed by atoms with Crippen molar-refractivity contribution >= 4 is 43.2 Å². The summed E-state index contributed by atoms with van der Waals surface area (Å²) in [7, 11) is 4.81. The first-order chi connectivity index (χ1) is 13.7. The molecule has 0 aliphatic rings. The largest absolute Gasteiger partial charge is 0.504 e. The van der Waals surface area contributed by atoms with Crippen molar-refractivity contribution in [2.75, 3.05) is 21.3 Å². The van der Waals surface area contributed by atoms with E-state index in [-0.39, 0.29) is 5.75 Å². The van der Waals surface area contributed by atoms with Crippen LogP contribution in [-0.4, -0.2) is 31.4 Å². The molecule has 0 aliphatic carbocycles. The highest BCUT2D eigenvalue weighted by Crippen LogP contribution is 2.47. The summed E-state index contributed by atoms with van der Waals surface area (Å²) in [6, 6.07) is 16.0. The summed E-state index contributed by atoms with van der Waals surface area (Å²) in [5.41, 5.74) is 0.902. The van der Waals surface area contributed by atoms with Gasteiger partial charge in [0.05, 0.1) is 26.8 Å². The van der Waals surface area contributed by atoms with Crippen molar-refractivity contribution in [3.63, 3.8) is 0 Å². The van der Waals surface area contributed by atoms with Gasteiger partial charge in [0.1, 0.15) is 0 Å². The zero-order chi connectivity index (χ0) is 19.4. The number of methoxy groups -OCH3 is 3. The maximum absolute atomic E-state index is 11.1. The van der Waals surface area contributed by atoms with Gasteiger partial charge in [-0.05, 0) is 22.2 Å². The normalized spacial score (nSPS) is 11.5. The number of rotatable bonds is 3. The molecule has 0 unspecified atom stereocenters. The van der Waals surface area contributed by atoms with E-state index in [1.165, 1.54) is 0 Å². The molecule has 1 aromatic heterocycles. The van der Waals surface area contributed by atoms with E-state index in [9.17, 15) is 5.11 Å². The minimum absolute atomic E-state index is 0.145. The fourth-order valence-corrected chi connectivity index (χ4v) is 4.21. The van der Waals surface area contributed by atoms with Gasteiger partial charge in [0, 0.05) is 21.5 Å². The standard InChI is InChI=1S/C23H19NO4/c1-26-21-16-7-5-4-6-12(16)13-8-10-15-14(18(13)20(21)25)9-11-17-19(15)24-23(28-3)22(17)27-2/h4-11,24-25H,1-3H3. The van der Waals surface area contributed by atoms with Gasteiger partial charge in [-0.15, -0.1) is 0 Å². The molecule has 0 spiro atoms. The van der Waals surface area contributed by atoms with Crippen LogP contribution >= 0.6 is 0 Å². The summed E-state index contributed by atoms with van der Waals surface area (Å²) in [4.78, 5) is 3.30. The van der Waals surface area contributed by atoms with Crippen LogP contribution in [0.2, 0.25) is 0 Å². The van der Waals surface area contributed by atoms with Crippen LogP contribution in [-0.2, 0) is 0 Å².